The van der Waals surface area contributed by atoms with Crippen LogP contribution < -0.4 is 16.4 Å². The summed E-state index contributed by atoms with van der Waals surface area (Å²) in [5, 5.41) is 5.10. The van der Waals surface area contributed by atoms with Crippen molar-refractivity contribution < 1.29 is 9.59 Å². The Hall–Kier alpha value is -1.61. The lowest BCUT2D eigenvalue weighted by atomic mass is 10.3. The summed E-state index contributed by atoms with van der Waals surface area (Å²) in [6.45, 7) is 0.383. The van der Waals surface area contributed by atoms with Crippen molar-refractivity contribution in [1.82, 2.24) is 15.6 Å². The Morgan fingerprint density at radius 1 is 1.50 bits per heavy atom. The summed E-state index contributed by atoms with van der Waals surface area (Å²) in [6, 6.07) is 0. The maximum Gasteiger partial charge on any atom is 0.276 e. The molecule has 1 aliphatic heterocycles. The molecule has 1 aliphatic rings. The van der Waals surface area contributed by atoms with Crippen LogP contribution in [0.3, 0.4) is 0 Å². The zero-order valence-corrected chi connectivity index (χ0v) is 13.3. The van der Waals surface area contributed by atoms with E-state index in [1.165, 1.54) is 0 Å². The summed E-state index contributed by atoms with van der Waals surface area (Å²) in [4.78, 5) is 29.8. The molecule has 106 valence electrons. The minimum Gasteiger partial charge on any atom is -0.369 e. The summed E-state index contributed by atoms with van der Waals surface area (Å²) in [7, 11) is 0. The Kier molecular flexibility index (Phi) is 4.61. The van der Waals surface area contributed by atoms with Gasteiger partial charge in [0.25, 0.3) is 11.8 Å². The highest BCUT2D eigenvalue weighted by molar-refractivity contribution is 9.13. The Bertz CT molecular complexity index is 620. The Balaban J connectivity index is 1.85. The highest BCUT2D eigenvalue weighted by atomic mass is 79.9. The SMILES string of the molecule is NC1=NC(=CCCNC(=O)c2[nH]cc(Br)c2Br)C(=O)N1. The first kappa shape index (κ1) is 14.8. The molecule has 0 unspecified atom stereocenters. The lowest BCUT2D eigenvalue weighted by Crippen LogP contribution is -2.30. The van der Waals surface area contributed by atoms with E-state index in [0.29, 0.717) is 23.1 Å². The van der Waals surface area contributed by atoms with Crippen LogP contribution in [0.15, 0.2) is 31.9 Å². The van der Waals surface area contributed by atoms with Crippen molar-refractivity contribution in [3.8, 4) is 0 Å². The van der Waals surface area contributed by atoms with Crippen LogP contribution in [0, 0.1) is 0 Å². The fourth-order valence-corrected chi connectivity index (χ4v) is 2.28. The molecule has 0 aliphatic carbocycles. The minimum atomic E-state index is -0.329. The molecule has 0 saturated carbocycles. The average Bonchev–Trinajstić information content (AvgIpc) is 2.89. The molecule has 2 amide bonds. The van der Waals surface area contributed by atoms with Crippen LogP contribution in [0.2, 0.25) is 0 Å². The molecule has 1 aromatic rings. The van der Waals surface area contributed by atoms with Crippen LogP contribution in [-0.2, 0) is 4.79 Å². The molecule has 20 heavy (non-hydrogen) atoms. The van der Waals surface area contributed by atoms with Gasteiger partial charge in [0, 0.05) is 12.7 Å². The van der Waals surface area contributed by atoms with E-state index in [9.17, 15) is 9.59 Å². The molecule has 7 nitrogen and oxygen atoms in total. The second kappa shape index (κ2) is 6.23. The van der Waals surface area contributed by atoms with Crippen LogP contribution in [0.4, 0.5) is 0 Å². The predicted molar refractivity (Wildman–Crippen MR) is 81.0 cm³/mol. The number of halogens is 2. The molecule has 0 atom stereocenters. The van der Waals surface area contributed by atoms with E-state index in [1.807, 2.05) is 0 Å². The van der Waals surface area contributed by atoms with Crippen LogP contribution in [0.1, 0.15) is 16.9 Å². The highest BCUT2D eigenvalue weighted by Gasteiger charge is 2.17. The normalized spacial score (nSPS) is 16.2. The first-order valence-corrected chi connectivity index (χ1v) is 7.24. The summed E-state index contributed by atoms with van der Waals surface area (Å²) >= 11 is 6.58. The zero-order valence-electron chi connectivity index (χ0n) is 10.2. The Morgan fingerprint density at radius 3 is 2.80 bits per heavy atom. The fraction of sp³-hybridized carbons (Fsp3) is 0.182. The maximum atomic E-state index is 11.9. The van der Waals surface area contributed by atoms with Crippen LogP contribution >= 0.6 is 31.9 Å². The molecule has 2 heterocycles. The van der Waals surface area contributed by atoms with Gasteiger partial charge >= 0.3 is 0 Å². The summed E-state index contributed by atoms with van der Waals surface area (Å²) < 4.78 is 1.44. The molecule has 9 heteroatoms. The van der Waals surface area contributed by atoms with Crippen molar-refractivity contribution in [2.75, 3.05) is 6.54 Å². The zero-order chi connectivity index (χ0) is 14.7. The third-order valence-electron chi connectivity index (χ3n) is 2.48. The van der Waals surface area contributed by atoms with E-state index in [-0.39, 0.29) is 23.5 Å². The quantitative estimate of drug-likeness (QED) is 0.443. The van der Waals surface area contributed by atoms with E-state index in [1.54, 1.807) is 12.3 Å². The number of nitrogens with two attached hydrogens (primary N) is 1. The molecule has 0 radical (unpaired) electrons. The summed E-state index contributed by atoms with van der Waals surface area (Å²) in [5.74, 6) is -0.477. The molecule has 1 aromatic heterocycles. The number of rotatable bonds is 4. The molecule has 0 spiro atoms. The highest BCUT2D eigenvalue weighted by Crippen LogP contribution is 2.26. The number of carbonyl (C=O) groups is 2. The number of hydrogen-bond acceptors (Lipinski definition) is 4. The maximum absolute atomic E-state index is 11.9. The number of aromatic nitrogens is 1. The summed E-state index contributed by atoms with van der Waals surface area (Å²) in [6.07, 6.45) is 3.77. The van der Waals surface area contributed by atoms with E-state index in [2.05, 4.69) is 52.5 Å². The van der Waals surface area contributed by atoms with Crippen molar-refractivity contribution in [3.05, 3.63) is 32.6 Å². The van der Waals surface area contributed by atoms with Gasteiger partial charge in [0.1, 0.15) is 11.4 Å². The van der Waals surface area contributed by atoms with E-state index in [4.69, 9.17) is 5.73 Å². The molecule has 0 fully saturated rings. The van der Waals surface area contributed by atoms with Gasteiger partial charge in [-0.3, -0.25) is 14.9 Å². The van der Waals surface area contributed by atoms with Crippen LogP contribution in [0.5, 0.6) is 0 Å². The first-order chi connectivity index (χ1) is 9.49. The number of H-pyrrole nitrogens is 1. The van der Waals surface area contributed by atoms with Crippen molar-refractivity contribution in [1.29, 1.82) is 0 Å². The molecule has 0 saturated heterocycles. The third kappa shape index (κ3) is 3.28. The monoisotopic (exact) mass is 403 g/mol. The van der Waals surface area contributed by atoms with Crippen LogP contribution in [0.25, 0.3) is 0 Å². The van der Waals surface area contributed by atoms with Gasteiger partial charge in [-0.1, -0.05) is 6.08 Å². The number of nitrogens with one attached hydrogen (secondary N) is 3. The van der Waals surface area contributed by atoms with Gasteiger partial charge in [-0.05, 0) is 38.3 Å². The Labute approximate surface area is 131 Å². The number of carbonyl (C=O) groups excluding carboxylic acids is 2. The van der Waals surface area contributed by atoms with Gasteiger partial charge in [-0.2, -0.15) is 0 Å². The van der Waals surface area contributed by atoms with Crippen LogP contribution in [-0.4, -0.2) is 29.3 Å². The number of aromatic amines is 1. The van der Waals surface area contributed by atoms with Crippen molar-refractivity contribution >= 4 is 49.6 Å². The van der Waals surface area contributed by atoms with Crippen molar-refractivity contribution in [3.63, 3.8) is 0 Å². The Morgan fingerprint density at radius 2 is 2.25 bits per heavy atom. The van der Waals surface area contributed by atoms with Gasteiger partial charge in [0.2, 0.25) is 5.96 Å². The molecule has 2 rings (SSSR count). The fourth-order valence-electron chi connectivity index (χ4n) is 1.56. The number of hydrogen-bond donors (Lipinski definition) is 4. The smallest absolute Gasteiger partial charge is 0.276 e. The average molecular weight is 405 g/mol. The molecular formula is C11H11Br2N5O2. The van der Waals surface area contributed by atoms with E-state index < -0.39 is 0 Å². The standard InChI is InChI=1S/C11H11Br2N5O2/c12-5-4-16-8(7(5)13)10(20)15-3-1-2-6-9(19)18-11(14)17-6/h2,4,16H,1,3H2,(H,15,20)(H3,14,17,18,19). The summed E-state index contributed by atoms with van der Waals surface area (Å²) in [5.41, 5.74) is 6.06. The first-order valence-electron chi connectivity index (χ1n) is 5.65. The lowest BCUT2D eigenvalue weighted by Gasteiger charge is -2.02. The number of guanidine groups is 1. The van der Waals surface area contributed by atoms with E-state index in [0.717, 1.165) is 4.47 Å². The van der Waals surface area contributed by atoms with Crippen molar-refractivity contribution in [2.45, 2.75) is 6.42 Å². The van der Waals surface area contributed by atoms with Gasteiger partial charge in [-0.15, -0.1) is 0 Å². The molecule has 5 N–H and O–H groups in total. The van der Waals surface area contributed by atoms with Gasteiger partial charge in [-0.25, -0.2) is 4.99 Å². The van der Waals surface area contributed by atoms with Gasteiger partial charge < -0.3 is 16.0 Å². The molecular weight excluding hydrogens is 394 g/mol. The van der Waals surface area contributed by atoms with Crippen molar-refractivity contribution in [2.24, 2.45) is 10.7 Å². The van der Waals surface area contributed by atoms with Gasteiger partial charge in [0.05, 0.1) is 8.95 Å². The minimum absolute atomic E-state index is 0.0884. The second-order valence-corrected chi connectivity index (χ2v) is 5.56. The second-order valence-electron chi connectivity index (χ2n) is 3.91. The lowest BCUT2D eigenvalue weighted by molar-refractivity contribution is -0.115. The number of amides is 2. The topological polar surface area (TPSA) is 112 Å². The predicted octanol–water partition coefficient (Wildman–Crippen LogP) is 0.988. The van der Waals surface area contributed by atoms with Gasteiger partial charge in [0.15, 0.2) is 0 Å². The molecule has 0 bridgehead atoms. The number of nitrogens with zero attached hydrogens (tertiary/aromatic N) is 1. The largest absolute Gasteiger partial charge is 0.369 e. The van der Waals surface area contributed by atoms with E-state index >= 15 is 0 Å². The molecule has 0 aromatic carbocycles. The third-order valence-corrected chi connectivity index (χ3v) is 4.46. The number of aliphatic imine (C=N–C) groups is 1.